The van der Waals surface area contributed by atoms with E-state index in [1.807, 2.05) is 74.5 Å². The Morgan fingerprint density at radius 1 is 1.00 bits per heavy atom. The van der Waals surface area contributed by atoms with Gasteiger partial charge in [0, 0.05) is 5.69 Å². The molecular formula is C27H27N3O2S. The van der Waals surface area contributed by atoms with E-state index in [9.17, 15) is 9.59 Å². The molecule has 4 rings (SSSR count). The van der Waals surface area contributed by atoms with Crippen molar-refractivity contribution in [2.45, 2.75) is 38.8 Å². The minimum absolute atomic E-state index is 0.133. The zero-order valence-corrected chi connectivity index (χ0v) is 20.1. The molecule has 1 aromatic heterocycles. The Bertz CT molecular complexity index is 1390. The van der Waals surface area contributed by atoms with Crippen molar-refractivity contribution in [3.8, 4) is 5.69 Å². The van der Waals surface area contributed by atoms with Gasteiger partial charge in [0.2, 0.25) is 5.91 Å². The maximum Gasteiger partial charge on any atom is 0.266 e. The van der Waals surface area contributed by atoms with Crippen LogP contribution in [-0.4, -0.2) is 21.2 Å². The number of nitrogens with zero attached hydrogens (tertiary/aromatic N) is 2. The predicted molar refractivity (Wildman–Crippen MR) is 137 cm³/mol. The van der Waals surface area contributed by atoms with Gasteiger partial charge in [0.15, 0.2) is 5.16 Å². The molecule has 33 heavy (non-hydrogen) atoms. The normalized spacial score (nSPS) is 11.2. The van der Waals surface area contributed by atoms with Crippen molar-refractivity contribution in [1.29, 1.82) is 0 Å². The summed E-state index contributed by atoms with van der Waals surface area (Å²) in [5.74, 6) is 0.229. The van der Waals surface area contributed by atoms with Gasteiger partial charge in [-0.05, 0) is 60.7 Å². The van der Waals surface area contributed by atoms with E-state index in [2.05, 4.69) is 19.2 Å². The molecule has 1 N–H and O–H groups in total. The number of para-hydroxylation sites is 2. The number of amides is 1. The second-order valence-electron chi connectivity index (χ2n) is 8.35. The highest BCUT2D eigenvalue weighted by Crippen LogP contribution is 2.27. The monoisotopic (exact) mass is 457 g/mol. The summed E-state index contributed by atoms with van der Waals surface area (Å²) in [6.45, 7) is 8.21. The Hall–Kier alpha value is -3.38. The van der Waals surface area contributed by atoms with Crippen LogP contribution in [0, 0.1) is 13.8 Å². The number of benzene rings is 3. The first-order chi connectivity index (χ1) is 15.9. The molecule has 0 aliphatic carbocycles. The molecule has 0 saturated heterocycles. The summed E-state index contributed by atoms with van der Waals surface area (Å²) >= 11 is 1.27. The van der Waals surface area contributed by atoms with Crippen molar-refractivity contribution in [2.24, 2.45) is 0 Å². The molecule has 0 bridgehead atoms. The second kappa shape index (κ2) is 9.63. The SMILES string of the molecule is Cc1cccc(NC(=O)CSc2nc3ccccc3c(=O)n2-c2ccccc2C(C)C)c1C. The van der Waals surface area contributed by atoms with Crippen molar-refractivity contribution in [3.05, 3.63) is 93.8 Å². The Balaban J connectivity index is 1.73. The lowest BCUT2D eigenvalue weighted by Crippen LogP contribution is -2.24. The largest absolute Gasteiger partial charge is 0.325 e. The number of hydrogen-bond donors (Lipinski definition) is 1. The quantitative estimate of drug-likeness (QED) is 0.291. The van der Waals surface area contributed by atoms with E-state index in [-0.39, 0.29) is 23.1 Å². The zero-order chi connectivity index (χ0) is 23.5. The van der Waals surface area contributed by atoms with E-state index in [4.69, 9.17) is 4.98 Å². The molecule has 0 aliphatic heterocycles. The first-order valence-corrected chi connectivity index (χ1v) is 12.0. The fourth-order valence-electron chi connectivity index (χ4n) is 3.80. The molecule has 0 aliphatic rings. The Morgan fingerprint density at radius 3 is 2.52 bits per heavy atom. The molecule has 4 aromatic rings. The fraction of sp³-hybridized carbons (Fsp3) is 0.222. The number of hydrogen-bond acceptors (Lipinski definition) is 4. The van der Waals surface area contributed by atoms with E-state index >= 15 is 0 Å². The number of aryl methyl sites for hydroxylation is 1. The Kier molecular flexibility index (Phi) is 6.65. The average Bonchev–Trinajstić information content (AvgIpc) is 2.81. The van der Waals surface area contributed by atoms with Gasteiger partial charge >= 0.3 is 0 Å². The van der Waals surface area contributed by atoms with Crippen molar-refractivity contribution in [3.63, 3.8) is 0 Å². The van der Waals surface area contributed by atoms with Gasteiger partial charge in [-0.15, -0.1) is 0 Å². The van der Waals surface area contributed by atoms with Crippen LogP contribution >= 0.6 is 11.8 Å². The van der Waals surface area contributed by atoms with Gasteiger partial charge in [0.25, 0.3) is 5.56 Å². The third kappa shape index (κ3) is 4.71. The number of anilines is 1. The molecule has 0 radical (unpaired) electrons. The molecule has 1 amide bonds. The van der Waals surface area contributed by atoms with Crippen LogP contribution in [-0.2, 0) is 4.79 Å². The standard InChI is InChI=1S/C27H27N3O2S/c1-17(2)20-11-6-8-15-24(20)30-26(32)21-12-5-7-13-23(21)29-27(30)33-16-25(31)28-22-14-9-10-18(3)19(22)4/h5-15,17H,16H2,1-4H3,(H,28,31). The third-order valence-corrected chi connectivity index (χ3v) is 6.69. The lowest BCUT2D eigenvalue weighted by Gasteiger charge is -2.18. The predicted octanol–water partition coefficient (Wildman–Crippen LogP) is 5.86. The van der Waals surface area contributed by atoms with Gasteiger partial charge in [-0.25, -0.2) is 4.98 Å². The molecule has 0 saturated carbocycles. The molecule has 5 nitrogen and oxygen atoms in total. The number of nitrogens with one attached hydrogen (secondary N) is 1. The second-order valence-corrected chi connectivity index (χ2v) is 9.29. The molecule has 6 heteroatoms. The van der Waals surface area contributed by atoms with Crippen LogP contribution in [0.2, 0.25) is 0 Å². The fourth-order valence-corrected chi connectivity index (χ4v) is 4.61. The Labute approximate surface area is 197 Å². The maximum atomic E-state index is 13.6. The number of carbonyl (C=O) groups is 1. The minimum atomic E-state index is -0.139. The number of carbonyl (C=O) groups excluding carboxylic acids is 1. The Morgan fingerprint density at radius 2 is 1.73 bits per heavy atom. The van der Waals surface area contributed by atoms with Crippen LogP contribution in [0.15, 0.2) is 76.7 Å². The van der Waals surface area contributed by atoms with E-state index in [0.717, 1.165) is 28.1 Å². The minimum Gasteiger partial charge on any atom is -0.325 e. The van der Waals surface area contributed by atoms with Crippen molar-refractivity contribution in [2.75, 3.05) is 11.1 Å². The van der Waals surface area contributed by atoms with Crippen LogP contribution in [0.4, 0.5) is 5.69 Å². The van der Waals surface area contributed by atoms with Crippen molar-refractivity contribution in [1.82, 2.24) is 9.55 Å². The van der Waals surface area contributed by atoms with Gasteiger partial charge in [0.1, 0.15) is 0 Å². The van der Waals surface area contributed by atoms with Gasteiger partial charge in [-0.3, -0.25) is 14.2 Å². The van der Waals surface area contributed by atoms with Crippen LogP contribution in [0.5, 0.6) is 0 Å². The molecule has 1 heterocycles. The molecule has 3 aromatic carbocycles. The molecule has 0 fully saturated rings. The summed E-state index contributed by atoms with van der Waals surface area (Å²) < 4.78 is 1.65. The van der Waals surface area contributed by atoms with Crippen LogP contribution in [0.25, 0.3) is 16.6 Å². The van der Waals surface area contributed by atoms with Crippen LogP contribution in [0.1, 0.15) is 36.5 Å². The molecule has 0 atom stereocenters. The van der Waals surface area contributed by atoms with E-state index in [1.165, 1.54) is 11.8 Å². The molecule has 0 spiro atoms. The summed E-state index contributed by atoms with van der Waals surface area (Å²) in [6.07, 6.45) is 0. The molecule has 168 valence electrons. The van der Waals surface area contributed by atoms with Crippen LogP contribution in [0.3, 0.4) is 0 Å². The number of aromatic nitrogens is 2. The summed E-state index contributed by atoms with van der Waals surface area (Å²) in [7, 11) is 0. The van der Waals surface area contributed by atoms with Gasteiger partial charge in [0.05, 0.1) is 22.3 Å². The first-order valence-electron chi connectivity index (χ1n) is 11.0. The molecule has 0 unspecified atom stereocenters. The van der Waals surface area contributed by atoms with Gasteiger partial charge in [-0.1, -0.05) is 68.1 Å². The van der Waals surface area contributed by atoms with Crippen LogP contribution < -0.4 is 10.9 Å². The van der Waals surface area contributed by atoms with Gasteiger partial charge in [-0.2, -0.15) is 0 Å². The molecular weight excluding hydrogens is 430 g/mol. The average molecular weight is 458 g/mol. The lowest BCUT2D eigenvalue weighted by molar-refractivity contribution is -0.113. The summed E-state index contributed by atoms with van der Waals surface area (Å²) in [4.78, 5) is 31.1. The van der Waals surface area contributed by atoms with Gasteiger partial charge < -0.3 is 5.32 Å². The highest BCUT2D eigenvalue weighted by Gasteiger charge is 2.18. The summed E-state index contributed by atoms with van der Waals surface area (Å²) in [5, 5.41) is 4.05. The highest BCUT2D eigenvalue weighted by molar-refractivity contribution is 7.99. The van der Waals surface area contributed by atoms with Crippen molar-refractivity contribution < 1.29 is 4.79 Å². The number of rotatable bonds is 6. The third-order valence-electron chi connectivity index (χ3n) is 5.76. The number of fused-ring (bicyclic) bond motifs is 1. The highest BCUT2D eigenvalue weighted by atomic mass is 32.2. The van der Waals surface area contributed by atoms with E-state index in [1.54, 1.807) is 10.6 Å². The zero-order valence-electron chi connectivity index (χ0n) is 19.3. The maximum absolute atomic E-state index is 13.6. The number of thioether (sulfide) groups is 1. The first kappa shape index (κ1) is 22.8. The van der Waals surface area contributed by atoms with E-state index < -0.39 is 0 Å². The smallest absolute Gasteiger partial charge is 0.266 e. The van der Waals surface area contributed by atoms with E-state index in [0.29, 0.717) is 16.1 Å². The topological polar surface area (TPSA) is 64.0 Å². The van der Waals surface area contributed by atoms with Crippen molar-refractivity contribution >= 4 is 34.3 Å². The summed E-state index contributed by atoms with van der Waals surface area (Å²) in [6, 6.07) is 21.0. The lowest BCUT2D eigenvalue weighted by atomic mass is 10.0. The summed E-state index contributed by atoms with van der Waals surface area (Å²) in [5.41, 5.74) is 5.31.